The number of aliphatic hydroxyl groups is 1. The van der Waals surface area contributed by atoms with E-state index in [1.807, 2.05) is 30.3 Å². The maximum atomic E-state index is 11.5. The molecule has 0 heterocycles. The van der Waals surface area contributed by atoms with Crippen LogP contribution in [0.25, 0.3) is 0 Å². The summed E-state index contributed by atoms with van der Waals surface area (Å²) in [4.78, 5) is 11.5. The SMILES string of the molecule is CC12CCC3c4ccc(O)cc4CCC3C1CC(Cc1cccc(C(N)=O)c1)C2O. The third kappa shape index (κ3) is 3.04. The Hall–Kier alpha value is -2.33. The van der Waals surface area contributed by atoms with Gasteiger partial charge in [0.15, 0.2) is 0 Å². The number of nitrogens with two attached hydrogens (primary N) is 1. The van der Waals surface area contributed by atoms with Gasteiger partial charge in [-0.3, -0.25) is 4.79 Å². The van der Waals surface area contributed by atoms with Crippen LogP contribution in [-0.2, 0) is 12.8 Å². The minimum Gasteiger partial charge on any atom is -0.508 e. The lowest BCUT2D eigenvalue weighted by Crippen LogP contribution is -2.44. The average Bonchev–Trinajstić information content (AvgIpc) is 2.98. The fourth-order valence-electron chi connectivity index (χ4n) is 7.07. The highest BCUT2D eigenvalue weighted by molar-refractivity contribution is 5.92. The molecule has 1 amide bonds. The van der Waals surface area contributed by atoms with E-state index in [4.69, 9.17) is 5.73 Å². The van der Waals surface area contributed by atoms with Crippen molar-refractivity contribution in [3.63, 3.8) is 0 Å². The molecule has 0 radical (unpaired) electrons. The van der Waals surface area contributed by atoms with E-state index in [-0.39, 0.29) is 17.4 Å². The quantitative estimate of drug-likeness (QED) is 0.716. The van der Waals surface area contributed by atoms with Gasteiger partial charge in [0.05, 0.1) is 6.10 Å². The smallest absolute Gasteiger partial charge is 0.248 e. The largest absolute Gasteiger partial charge is 0.508 e. The standard InChI is InChI=1S/C26H31NO3/c1-26-10-9-21-20-8-6-19(28)13-16(20)5-7-22(21)23(26)14-18(24(26)29)12-15-3-2-4-17(11-15)25(27)30/h2-4,6,8,11,13,18,21-24,28-29H,5,7,9-10,12,14H2,1H3,(H2,27,30). The predicted octanol–water partition coefficient (Wildman–Crippen LogP) is 4.18. The van der Waals surface area contributed by atoms with Gasteiger partial charge in [-0.05, 0) is 109 Å². The van der Waals surface area contributed by atoms with Crippen molar-refractivity contribution in [3.8, 4) is 5.75 Å². The number of phenolic OH excluding ortho intramolecular Hbond substituents is 1. The van der Waals surface area contributed by atoms with Crippen LogP contribution in [0.2, 0.25) is 0 Å². The molecule has 0 aliphatic heterocycles. The van der Waals surface area contributed by atoms with Crippen molar-refractivity contribution < 1.29 is 15.0 Å². The minimum absolute atomic E-state index is 0.0401. The van der Waals surface area contributed by atoms with Gasteiger partial charge < -0.3 is 15.9 Å². The third-order valence-electron chi connectivity index (χ3n) is 8.54. The summed E-state index contributed by atoms with van der Waals surface area (Å²) in [7, 11) is 0. The van der Waals surface area contributed by atoms with Crippen LogP contribution in [0.15, 0.2) is 42.5 Å². The Balaban J connectivity index is 1.40. The molecule has 2 aromatic carbocycles. The van der Waals surface area contributed by atoms with Crippen molar-refractivity contribution in [2.45, 2.75) is 57.5 Å². The van der Waals surface area contributed by atoms with E-state index < -0.39 is 5.91 Å². The van der Waals surface area contributed by atoms with E-state index in [2.05, 4.69) is 13.0 Å². The molecule has 30 heavy (non-hydrogen) atoms. The molecule has 4 N–H and O–H groups in total. The van der Waals surface area contributed by atoms with E-state index in [1.165, 1.54) is 11.1 Å². The van der Waals surface area contributed by atoms with Crippen molar-refractivity contribution in [2.75, 3.05) is 0 Å². The lowest BCUT2D eigenvalue weighted by atomic mass is 9.55. The van der Waals surface area contributed by atoms with Crippen molar-refractivity contribution in [1.82, 2.24) is 0 Å². The highest BCUT2D eigenvalue weighted by Crippen LogP contribution is 2.62. The number of fused-ring (bicyclic) bond motifs is 5. The van der Waals surface area contributed by atoms with Crippen molar-refractivity contribution in [3.05, 3.63) is 64.7 Å². The number of aryl methyl sites for hydroxylation is 1. The predicted molar refractivity (Wildman–Crippen MR) is 116 cm³/mol. The number of rotatable bonds is 3. The summed E-state index contributed by atoms with van der Waals surface area (Å²) < 4.78 is 0. The maximum Gasteiger partial charge on any atom is 0.248 e. The first-order valence-corrected chi connectivity index (χ1v) is 11.3. The first-order valence-electron chi connectivity index (χ1n) is 11.3. The number of amides is 1. The fraction of sp³-hybridized carbons (Fsp3) is 0.500. The zero-order valence-electron chi connectivity index (χ0n) is 17.6. The summed E-state index contributed by atoms with van der Waals surface area (Å²) >= 11 is 0. The summed E-state index contributed by atoms with van der Waals surface area (Å²) in [5, 5.41) is 21.3. The van der Waals surface area contributed by atoms with Crippen LogP contribution in [0.3, 0.4) is 0 Å². The number of phenols is 1. The number of hydrogen-bond donors (Lipinski definition) is 3. The lowest BCUT2D eigenvalue weighted by molar-refractivity contribution is -0.0325. The van der Waals surface area contributed by atoms with Crippen LogP contribution in [0.4, 0.5) is 0 Å². The Kier molecular flexibility index (Phi) is 4.66. The summed E-state index contributed by atoms with van der Waals surface area (Å²) in [5.74, 6) is 1.82. The van der Waals surface area contributed by atoms with Gasteiger partial charge in [-0.2, -0.15) is 0 Å². The van der Waals surface area contributed by atoms with Gasteiger partial charge in [0.1, 0.15) is 5.75 Å². The van der Waals surface area contributed by atoms with Crippen LogP contribution >= 0.6 is 0 Å². The van der Waals surface area contributed by atoms with Gasteiger partial charge in [0.2, 0.25) is 5.91 Å². The highest BCUT2D eigenvalue weighted by Gasteiger charge is 2.57. The van der Waals surface area contributed by atoms with Crippen molar-refractivity contribution in [1.29, 1.82) is 0 Å². The van der Waals surface area contributed by atoms with Crippen LogP contribution < -0.4 is 5.73 Å². The Morgan fingerprint density at radius 3 is 2.83 bits per heavy atom. The normalized spacial score (nSPS) is 34.7. The van der Waals surface area contributed by atoms with Crippen LogP contribution in [-0.4, -0.2) is 22.2 Å². The number of hydrogen-bond acceptors (Lipinski definition) is 3. The fourth-order valence-corrected chi connectivity index (χ4v) is 7.07. The second kappa shape index (κ2) is 7.12. The van der Waals surface area contributed by atoms with Gasteiger partial charge in [0, 0.05) is 5.56 Å². The molecule has 4 nitrogen and oxygen atoms in total. The van der Waals surface area contributed by atoms with Gasteiger partial charge in [-0.1, -0.05) is 25.1 Å². The molecule has 4 heteroatoms. The first kappa shape index (κ1) is 19.6. The van der Waals surface area contributed by atoms with Gasteiger partial charge in [-0.25, -0.2) is 0 Å². The van der Waals surface area contributed by atoms with E-state index in [1.54, 1.807) is 6.07 Å². The summed E-state index contributed by atoms with van der Waals surface area (Å²) in [6.45, 7) is 2.30. The molecule has 0 aromatic heterocycles. The number of benzene rings is 2. The number of carbonyl (C=O) groups is 1. The Morgan fingerprint density at radius 2 is 2.03 bits per heavy atom. The van der Waals surface area contributed by atoms with Crippen molar-refractivity contribution >= 4 is 5.91 Å². The zero-order chi connectivity index (χ0) is 21.0. The second-order valence-electron chi connectivity index (χ2n) is 10.1. The molecule has 2 aromatic rings. The second-order valence-corrected chi connectivity index (χ2v) is 10.1. The summed E-state index contributed by atoms with van der Waals surface area (Å²) in [5.41, 5.74) is 9.75. The van der Waals surface area contributed by atoms with E-state index in [0.29, 0.717) is 29.1 Å². The first-order chi connectivity index (χ1) is 14.4. The third-order valence-corrected chi connectivity index (χ3v) is 8.54. The van der Waals surface area contributed by atoms with Crippen LogP contribution in [0.5, 0.6) is 5.75 Å². The van der Waals surface area contributed by atoms with Crippen LogP contribution in [0, 0.1) is 23.2 Å². The van der Waals surface area contributed by atoms with Gasteiger partial charge in [0.25, 0.3) is 0 Å². The lowest BCUT2D eigenvalue weighted by Gasteiger charge is -2.50. The maximum absolute atomic E-state index is 11.5. The molecule has 5 rings (SSSR count). The molecule has 6 atom stereocenters. The molecular formula is C26H31NO3. The van der Waals surface area contributed by atoms with E-state index >= 15 is 0 Å². The zero-order valence-corrected chi connectivity index (χ0v) is 17.6. The molecular weight excluding hydrogens is 374 g/mol. The number of aliphatic hydroxyl groups excluding tert-OH is 1. The van der Waals surface area contributed by atoms with Gasteiger partial charge >= 0.3 is 0 Å². The average molecular weight is 406 g/mol. The topological polar surface area (TPSA) is 83.5 Å². The molecule has 3 aliphatic carbocycles. The van der Waals surface area contributed by atoms with Crippen molar-refractivity contribution in [2.24, 2.45) is 28.9 Å². The Labute approximate surface area is 178 Å². The van der Waals surface area contributed by atoms with E-state index in [0.717, 1.165) is 44.1 Å². The molecule has 3 aliphatic rings. The Bertz CT molecular complexity index is 986. The monoisotopic (exact) mass is 405 g/mol. The molecule has 2 saturated carbocycles. The summed E-state index contributed by atoms with van der Waals surface area (Å²) in [6, 6.07) is 13.4. The molecule has 6 unspecified atom stereocenters. The molecule has 0 spiro atoms. The van der Waals surface area contributed by atoms with Gasteiger partial charge in [-0.15, -0.1) is 0 Å². The summed E-state index contributed by atoms with van der Waals surface area (Å²) in [6.07, 6.45) is 5.80. The molecule has 0 saturated heterocycles. The van der Waals surface area contributed by atoms with E-state index in [9.17, 15) is 15.0 Å². The minimum atomic E-state index is -0.404. The van der Waals surface area contributed by atoms with Crippen LogP contribution in [0.1, 0.15) is 65.6 Å². The number of carbonyl (C=O) groups excluding carboxylic acids is 1. The molecule has 2 fully saturated rings. The highest BCUT2D eigenvalue weighted by atomic mass is 16.3. The molecule has 158 valence electrons. The molecule has 0 bridgehead atoms. The number of aromatic hydroxyl groups is 1. The number of primary amides is 1. The Morgan fingerprint density at radius 1 is 1.20 bits per heavy atom.